The quantitative estimate of drug-likeness (QED) is 0.930. The summed E-state index contributed by atoms with van der Waals surface area (Å²) in [6.07, 6.45) is 9.75. The number of likely N-dealkylation sites (N-methyl/N-ethyl adjacent to an activating group) is 1. The molecule has 0 aliphatic heterocycles. The third kappa shape index (κ3) is 2.70. The van der Waals surface area contributed by atoms with Gasteiger partial charge in [0.15, 0.2) is 0 Å². The molecule has 0 bridgehead atoms. The van der Waals surface area contributed by atoms with Crippen LogP contribution in [0, 0.1) is 0 Å². The maximum Gasteiger partial charge on any atom is 0.245 e. The zero-order chi connectivity index (χ0) is 14.8. The van der Waals surface area contributed by atoms with Crippen LogP contribution in [0.25, 0.3) is 0 Å². The van der Waals surface area contributed by atoms with Gasteiger partial charge >= 0.3 is 0 Å². The van der Waals surface area contributed by atoms with Crippen molar-refractivity contribution in [2.45, 2.75) is 45.2 Å². The van der Waals surface area contributed by atoms with Crippen molar-refractivity contribution in [3.63, 3.8) is 0 Å². The molecule has 0 radical (unpaired) electrons. The fourth-order valence-corrected chi connectivity index (χ4v) is 2.93. The fraction of sp³-hybridized carbons (Fsp3) is 0.533. The third-order valence-corrected chi connectivity index (χ3v) is 4.23. The Hall–Kier alpha value is -2.11. The lowest BCUT2D eigenvalue weighted by Crippen LogP contribution is -2.32. The second kappa shape index (κ2) is 5.71. The van der Waals surface area contributed by atoms with Gasteiger partial charge in [0.25, 0.3) is 0 Å². The molecule has 112 valence electrons. The standard InChI is InChI=1S/C15H21N5O/c1-11(20-8-7-16-10-20)15(21)19(2)9-14-12-5-3-4-6-13(12)17-18-14/h7-8,10-11H,3-6,9H2,1-2H3,(H,17,18)/t11-/m0/s1. The van der Waals surface area contributed by atoms with Crippen LogP contribution in [0.2, 0.25) is 0 Å². The lowest BCUT2D eigenvalue weighted by atomic mass is 9.96. The molecule has 0 aromatic carbocycles. The number of carbonyl (C=O) groups is 1. The summed E-state index contributed by atoms with van der Waals surface area (Å²) in [5.41, 5.74) is 3.58. The minimum atomic E-state index is -0.243. The molecule has 0 unspecified atom stereocenters. The number of H-pyrrole nitrogens is 1. The number of nitrogens with one attached hydrogen (secondary N) is 1. The van der Waals surface area contributed by atoms with Crippen LogP contribution in [0.3, 0.4) is 0 Å². The van der Waals surface area contributed by atoms with Crippen LogP contribution in [-0.4, -0.2) is 37.6 Å². The van der Waals surface area contributed by atoms with E-state index in [1.165, 1.54) is 24.1 Å². The number of nitrogens with zero attached hydrogens (tertiary/aromatic N) is 4. The SMILES string of the molecule is C[C@@H](C(=O)N(C)Cc1n[nH]c2c1CCCC2)n1ccnc1. The maximum atomic E-state index is 12.5. The van der Waals surface area contributed by atoms with Gasteiger partial charge in [0.05, 0.1) is 18.6 Å². The van der Waals surface area contributed by atoms with Gasteiger partial charge in [-0.15, -0.1) is 0 Å². The zero-order valence-electron chi connectivity index (χ0n) is 12.5. The van der Waals surface area contributed by atoms with Crippen LogP contribution in [0.1, 0.15) is 42.8 Å². The Morgan fingerprint density at radius 2 is 2.29 bits per heavy atom. The van der Waals surface area contributed by atoms with Gasteiger partial charge in [-0.1, -0.05) is 0 Å². The molecular formula is C15H21N5O. The number of aromatic nitrogens is 4. The highest BCUT2D eigenvalue weighted by Crippen LogP contribution is 2.23. The van der Waals surface area contributed by atoms with Gasteiger partial charge in [-0.05, 0) is 38.2 Å². The van der Waals surface area contributed by atoms with Gasteiger partial charge in [-0.3, -0.25) is 9.89 Å². The lowest BCUT2D eigenvalue weighted by molar-refractivity contribution is -0.133. The monoisotopic (exact) mass is 287 g/mol. The van der Waals surface area contributed by atoms with E-state index in [0.717, 1.165) is 18.5 Å². The van der Waals surface area contributed by atoms with E-state index < -0.39 is 0 Å². The molecule has 0 spiro atoms. The summed E-state index contributed by atoms with van der Waals surface area (Å²) in [6.45, 7) is 2.45. The van der Waals surface area contributed by atoms with Gasteiger partial charge in [-0.25, -0.2) is 4.98 Å². The Kier molecular flexibility index (Phi) is 3.77. The van der Waals surface area contributed by atoms with Crippen LogP contribution >= 0.6 is 0 Å². The van der Waals surface area contributed by atoms with Gasteiger partial charge in [-0.2, -0.15) is 5.10 Å². The summed E-state index contributed by atoms with van der Waals surface area (Å²) in [6, 6.07) is -0.243. The normalized spacial score (nSPS) is 15.5. The molecule has 0 saturated heterocycles. The molecule has 1 atom stereocenters. The molecule has 6 nitrogen and oxygen atoms in total. The van der Waals surface area contributed by atoms with E-state index >= 15 is 0 Å². The van der Waals surface area contributed by atoms with Crippen molar-refractivity contribution in [3.8, 4) is 0 Å². The van der Waals surface area contributed by atoms with Gasteiger partial charge in [0, 0.05) is 25.1 Å². The van der Waals surface area contributed by atoms with E-state index in [0.29, 0.717) is 6.54 Å². The molecule has 6 heteroatoms. The number of fused-ring (bicyclic) bond motifs is 1. The van der Waals surface area contributed by atoms with Crippen LogP contribution in [0.4, 0.5) is 0 Å². The lowest BCUT2D eigenvalue weighted by Gasteiger charge is -2.22. The summed E-state index contributed by atoms with van der Waals surface area (Å²) in [7, 11) is 1.83. The minimum Gasteiger partial charge on any atom is -0.338 e. The van der Waals surface area contributed by atoms with Crippen molar-refractivity contribution in [1.29, 1.82) is 0 Å². The summed E-state index contributed by atoms with van der Waals surface area (Å²) >= 11 is 0. The molecule has 1 aliphatic carbocycles. The average Bonchev–Trinajstić information content (AvgIpc) is 3.16. The highest BCUT2D eigenvalue weighted by molar-refractivity contribution is 5.79. The summed E-state index contributed by atoms with van der Waals surface area (Å²) < 4.78 is 1.82. The first-order valence-corrected chi connectivity index (χ1v) is 7.44. The number of aryl methyl sites for hydroxylation is 1. The number of imidazole rings is 1. The fourth-order valence-electron chi connectivity index (χ4n) is 2.93. The first-order valence-electron chi connectivity index (χ1n) is 7.44. The van der Waals surface area contributed by atoms with E-state index in [2.05, 4.69) is 15.2 Å². The van der Waals surface area contributed by atoms with E-state index in [9.17, 15) is 4.79 Å². The van der Waals surface area contributed by atoms with Gasteiger partial charge in [0.2, 0.25) is 5.91 Å². The average molecular weight is 287 g/mol. The molecule has 2 aromatic heterocycles. The van der Waals surface area contributed by atoms with Crippen molar-refractivity contribution < 1.29 is 4.79 Å². The second-order valence-electron chi connectivity index (χ2n) is 5.71. The van der Waals surface area contributed by atoms with E-state index in [1.54, 1.807) is 17.4 Å². The van der Waals surface area contributed by atoms with Crippen LogP contribution < -0.4 is 0 Å². The smallest absolute Gasteiger partial charge is 0.245 e. The topological polar surface area (TPSA) is 66.8 Å². The van der Waals surface area contributed by atoms with Crippen molar-refractivity contribution in [3.05, 3.63) is 35.7 Å². The predicted molar refractivity (Wildman–Crippen MR) is 78.6 cm³/mol. The molecule has 0 saturated carbocycles. The Morgan fingerprint density at radius 1 is 1.48 bits per heavy atom. The molecular weight excluding hydrogens is 266 g/mol. The Bertz CT molecular complexity index is 616. The maximum absolute atomic E-state index is 12.5. The largest absolute Gasteiger partial charge is 0.338 e. The number of carbonyl (C=O) groups excluding carboxylic acids is 1. The zero-order valence-corrected chi connectivity index (χ0v) is 12.5. The summed E-state index contributed by atoms with van der Waals surface area (Å²) in [5, 5.41) is 7.53. The summed E-state index contributed by atoms with van der Waals surface area (Å²) in [4.78, 5) is 18.2. The highest BCUT2D eigenvalue weighted by Gasteiger charge is 2.22. The number of aromatic amines is 1. The molecule has 1 N–H and O–H groups in total. The summed E-state index contributed by atoms with van der Waals surface area (Å²) in [5.74, 6) is 0.0700. The second-order valence-corrected chi connectivity index (χ2v) is 5.71. The number of hydrogen-bond donors (Lipinski definition) is 1. The molecule has 1 amide bonds. The first-order chi connectivity index (χ1) is 10.2. The highest BCUT2D eigenvalue weighted by atomic mass is 16.2. The van der Waals surface area contributed by atoms with E-state index in [1.807, 2.05) is 24.7 Å². The van der Waals surface area contributed by atoms with E-state index in [4.69, 9.17) is 0 Å². The number of hydrogen-bond acceptors (Lipinski definition) is 3. The Morgan fingerprint density at radius 3 is 3.05 bits per heavy atom. The van der Waals surface area contributed by atoms with Gasteiger partial charge in [0.1, 0.15) is 6.04 Å². The molecule has 21 heavy (non-hydrogen) atoms. The van der Waals surface area contributed by atoms with Crippen molar-refractivity contribution in [2.75, 3.05) is 7.05 Å². The molecule has 3 rings (SSSR count). The van der Waals surface area contributed by atoms with Crippen molar-refractivity contribution >= 4 is 5.91 Å². The predicted octanol–water partition coefficient (Wildman–Crippen LogP) is 1.70. The Balaban J connectivity index is 1.70. The van der Waals surface area contributed by atoms with Crippen LogP contribution in [0.5, 0.6) is 0 Å². The third-order valence-electron chi connectivity index (χ3n) is 4.23. The van der Waals surface area contributed by atoms with E-state index in [-0.39, 0.29) is 11.9 Å². The minimum absolute atomic E-state index is 0.0700. The van der Waals surface area contributed by atoms with Crippen molar-refractivity contribution in [2.24, 2.45) is 0 Å². The van der Waals surface area contributed by atoms with Crippen molar-refractivity contribution in [1.82, 2.24) is 24.6 Å². The molecule has 2 heterocycles. The molecule has 2 aromatic rings. The molecule has 1 aliphatic rings. The molecule has 0 fully saturated rings. The number of rotatable bonds is 4. The van der Waals surface area contributed by atoms with Crippen LogP contribution in [-0.2, 0) is 24.2 Å². The number of amides is 1. The van der Waals surface area contributed by atoms with Gasteiger partial charge < -0.3 is 9.47 Å². The van der Waals surface area contributed by atoms with Crippen LogP contribution in [0.15, 0.2) is 18.7 Å². The Labute approximate surface area is 124 Å². The first kappa shape index (κ1) is 13.9.